The van der Waals surface area contributed by atoms with Crippen LogP contribution in [0.15, 0.2) is 72.8 Å². The molecule has 212 valence electrons. The van der Waals surface area contributed by atoms with Crippen LogP contribution < -0.4 is 4.90 Å². The molecule has 2 fully saturated rings. The van der Waals surface area contributed by atoms with E-state index in [-0.39, 0.29) is 36.0 Å². The maximum absolute atomic E-state index is 13.3. The SMILES string of the molecule is Cc1ccc(C(=O)COC(=O)c2cc(-c3ccc(N4C(=O)C5CCC(C)CC5C4=O)cc3)nc3ccc(C)cc23)cc1. The summed E-state index contributed by atoms with van der Waals surface area (Å²) in [5.41, 5.74) is 5.20. The van der Waals surface area contributed by atoms with Gasteiger partial charge in [0, 0.05) is 16.5 Å². The van der Waals surface area contributed by atoms with Crippen LogP contribution in [0.1, 0.15) is 58.0 Å². The molecule has 6 rings (SSSR count). The highest BCUT2D eigenvalue weighted by Crippen LogP contribution is 2.42. The fraction of sp³-hybridized carbons (Fsp3) is 0.286. The number of ether oxygens (including phenoxy) is 1. The predicted molar refractivity (Wildman–Crippen MR) is 160 cm³/mol. The Morgan fingerprint density at radius 2 is 1.55 bits per heavy atom. The Kier molecular flexibility index (Phi) is 7.19. The number of anilines is 1. The molecule has 3 atom stereocenters. The van der Waals surface area contributed by atoms with Gasteiger partial charge in [-0.3, -0.25) is 19.3 Å². The molecule has 7 heteroatoms. The van der Waals surface area contributed by atoms with E-state index < -0.39 is 5.97 Å². The van der Waals surface area contributed by atoms with Gasteiger partial charge in [-0.2, -0.15) is 0 Å². The van der Waals surface area contributed by atoms with Crippen LogP contribution in [0.3, 0.4) is 0 Å². The van der Waals surface area contributed by atoms with Crippen LogP contribution in [0.4, 0.5) is 5.69 Å². The van der Waals surface area contributed by atoms with Gasteiger partial charge in [-0.15, -0.1) is 0 Å². The summed E-state index contributed by atoms with van der Waals surface area (Å²) in [6.07, 6.45) is 2.46. The van der Waals surface area contributed by atoms with Crippen molar-refractivity contribution in [2.24, 2.45) is 17.8 Å². The van der Waals surface area contributed by atoms with E-state index in [0.29, 0.717) is 39.3 Å². The molecule has 4 aromatic rings. The first-order chi connectivity index (χ1) is 20.2. The molecule has 2 amide bonds. The summed E-state index contributed by atoms with van der Waals surface area (Å²) in [5.74, 6) is -1.16. The highest BCUT2D eigenvalue weighted by atomic mass is 16.5. The second-order valence-corrected chi connectivity index (χ2v) is 11.6. The number of amides is 2. The quantitative estimate of drug-likeness (QED) is 0.152. The lowest BCUT2D eigenvalue weighted by Crippen LogP contribution is -2.30. The number of hydrogen-bond donors (Lipinski definition) is 0. The van der Waals surface area contributed by atoms with Crippen molar-refractivity contribution < 1.29 is 23.9 Å². The summed E-state index contributed by atoms with van der Waals surface area (Å²) >= 11 is 0. The second-order valence-electron chi connectivity index (χ2n) is 11.6. The fourth-order valence-electron chi connectivity index (χ4n) is 6.11. The van der Waals surface area contributed by atoms with E-state index >= 15 is 0 Å². The van der Waals surface area contributed by atoms with E-state index in [2.05, 4.69) is 6.92 Å². The van der Waals surface area contributed by atoms with Gasteiger partial charge >= 0.3 is 5.97 Å². The van der Waals surface area contributed by atoms with Crippen LogP contribution in [0, 0.1) is 31.6 Å². The van der Waals surface area contributed by atoms with Gasteiger partial charge in [0.05, 0.1) is 34.3 Å². The molecule has 0 spiro atoms. The van der Waals surface area contributed by atoms with Gasteiger partial charge in [0.1, 0.15) is 0 Å². The van der Waals surface area contributed by atoms with E-state index in [1.54, 1.807) is 42.5 Å². The van der Waals surface area contributed by atoms with Crippen molar-refractivity contribution in [1.29, 1.82) is 0 Å². The normalized spacial score (nSPS) is 20.1. The van der Waals surface area contributed by atoms with Crippen LogP contribution in [-0.4, -0.2) is 35.2 Å². The minimum Gasteiger partial charge on any atom is -0.454 e. The number of pyridine rings is 1. The van der Waals surface area contributed by atoms with Gasteiger partial charge in [-0.05, 0) is 69.4 Å². The molecule has 1 aliphatic carbocycles. The van der Waals surface area contributed by atoms with Gasteiger partial charge in [0.25, 0.3) is 0 Å². The fourth-order valence-corrected chi connectivity index (χ4v) is 6.11. The number of benzene rings is 3. The first-order valence-electron chi connectivity index (χ1n) is 14.4. The molecule has 42 heavy (non-hydrogen) atoms. The lowest BCUT2D eigenvalue weighted by molar-refractivity contribution is -0.122. The number of carbonyl (C=O) groups excluding carboxylic acids is 4. The molecular weight excluding hydrogens is 528 g/mol. The molecule has 3 unspecified atom stereocenters. The van der Waals surface area contributed by atoms with Crippen LogP contribution in [0.25, 0.3) is 22.2 Å². The van der Waals surface area contributed by atoms with Gasteiger partial charge < -0.3 is 4.74 Å². The summed E-state index contributed by atoms with van der Waals surface area (Å²) in [5, 5.41) is 0.633. The number of aromatic nitrogens is 1. The van der Waals surface area contributed by atoms with Crippen LogP contribution >= 0.6 is 0 Å². The van der Waals surface area contributed by atoms with Crippen molar-refractivity contribution in [3.63, 3.8) is 0 Å². The van der Waals surface area contributed by atoms with Crippen molar-refractivity contribution >= 4 is 40.2 Å². The number of fused-ring (bicyclic) bond motifs is 2. The Balaban J connectivity index is 1.27. The minimum atomic E-state index is -0.614. The molecule has 2 heterocycles. The number of aryl methyl sites for hydroxylation is 2. The molecule has 0 radical (unpaired) electrons. The molecule has 3 aromatic carbocycles. The van der Waals surface area contributed by atoms with Crippen LogP contribution in [0.5, 0.6) is 0 Å². The van der Waals surface area contributed by atoms with Gasteiger partial charge in [0.2, 0.25) is 11.8 Å². The summed E-state index contributed by atoms with van der Waals surface area (Å²) < 4.78 is 5.48. The van der Waals surface area contributed by atoms with Gasteiger partial charge in [-0.25, -0.2) is 9.78 Å². The number of imide groups is 1. The van der Waals surface area contributed by atoms with Crippen molar-refractivity contribution in [3.05, 3.63) is 95.1 Å². The van der Waals surface area contributed by atoms with Crippen LogP contribution in [-0.2, 0) is 14.3 Å². The Labute approximate surface area is 244 Å². The molecule has 1 aromatic heterocycles. The van der Waals surface area contributed by atoms with Crippen LogP contribution in [0.2, 0.25) is 0 Å². The summed E-state index contributed by atoms with van der Waals surface area (Å²) in [6, 6.07) is 21.5. The zero-order chi connectivity index (χ0) is 29.5. The van der Waals surface area contributed by atoms with Crippen molar-refractivity contribution in [3.8, 4) is 11.3 Å². The smallest absolute Gasteiger partial charge is 0.339 e. The molecule has 7 nitrogen and oxygen atoms in total. The third kappa shape index (κ3) is 5.11. The Hall–Kier alpha value is -4.65. The molecule has 1 saturated carbocycles. The average Bonchev–Trinajstić information content (AvgIpc) is 3.24. The predicted octanol–water partition coefficient (Wildman–Crippen LogP) is 6.48. The highest BCUT2D eigenvalue weighted by molar-refractivity contribution is 6.22. The number of nitrogens with zero attached hydrogens (tertiary/aromatic N) is 2. The van der Waals surface area contributed by atoms with Crippen molar-refractivity contribution in [2.45, 2.75) is 40.0 Å². The monoisotopic (exact) mass is 560 g/mol. The number of Topliss-reactive ketones (excluding diaryl/α,β-unsaturated/α-hetero) is 1. The molecule has 2 aliphatic rings. The van der Waals surface area contributed by atoms with E-state index in [1.807, 2.05) is 44.2 Å². The highest BCUT2D eigenvalue weighted by Gasteiger charge is 2.49. The third-order valence-corrected chi connectivity index (χ3v) is 8.50. The Morgan fingerprint density at radius 1 is 0.857 bits per heavy atom. The van der Waals surface area contributed by atoms with E-state index in [1.165, 1.54) is 4.90 Å². The van der Waals surface area contributed by atoms with E-state index in [4.69, 9.17) is 9.72 Å². The molecule has 0 bridgehead atoms. The van der Waals surface area contributed by atoms with Crippen molar-refractivity contribution in [1.82, 2.24) is 4.98 Å². The lowest BCUT2D eigenvalue weighted by atomic mass is 9.76. The standard InChI is InChI=1S/C35H32N2O5/c1-20-4-8-24(9-5-20)32(38)19-42-35(41)29-18-31(36-30-15-7-22(3)16-27(29)30)23-10-12-25(13-11-23)37-33(39)26-14-6-21(2)17-28(26)34(37)40/h4-5,7-13,15-16,18,21,26,28H,6,14,17,19H2,1-3H3. The second kappa shape index (κ2) is 11.0. The first-order valence-corrected chi connectivity index (χ1v) is 14.4. The maximum atomic E-state index is 13.3. The Morgan fingerprint density at radius 3 is 2.29 bits per heavy atom. The summed E-state index contributed by atoms with van der Waals surface area (Å²) in [7, 11) is 0. The van der Waals surface area contributed by atoms with Gasteiger partial charge in [0.15, 0.2) is 12.4 Å². The zero-order valence-electron chi connectivity index (χ0n) is 23.9. The molecular formula is C35H32N2O5. The van der Waals surface area contributed by atoms with E-state index in [9.17, 15) is 19.2 Å². The molecule has 0 N–H and O–H groups in total. The summed E-state index contributed by atoms with van der Waals surface area (Å²) in [4.78, 5) is 58.4. The number of rotatable bonds is 6. The zero-order valence-corrected chi connectivity index (χ0v) is 23.9. The first kappa shape index (κ1) is 27.5. The topological polar surface area (TPSA) is 93.6 Å². The van der Waals surface area contributed by atoms with E-state index in [0.717, 1.165) is 36.0 Å². The number of esters is 1. The van der Waals surface area contributed by atoms with Gasteiger partial charge in [-0.1, -0.05) is 60.5 Å². The minimum absolute atomic E-state index is 0.117. The molecule has 1 saturated heterocycles. The number of carbonyl (C=O) groups is 4. The number of hydrogen-bond acceptors (Lipinski definition) is 6. The molecule has 1 aliphatic heterocycles. The lowest BCUT2D eigenvalue weighted by Gasteiger charge is -2.25. The average molecular weight is 561 g/mol. The number of ketones is 1. The largest absolute Gasteiger partial charge is 0.454 e. The summed E-state index contributed by atoms with van der Waals surface area (Å²) in [6.45, 7) is 5.63. The Bertz CT molecular complexity index is 1730. The maximum Gasteiger partial charge on any atom is 0.339 e. The third-order valence-electron chi connectivity index (χ3n) is 8.50. The van der Waals surface area contributed by atoms with Crippen molar-refractivity contribution in [2.75, 3.05) is 11.5 Å².